The topological polar surface area (TPSA) is 64.0 Å². The van der Waals surface area contributed by atoms with Crippen LogP contribution in [-0.2, 0) is 11.3 Å². The lowest BCUT2D eigenvalue weighted by molar-refractivity contribution is -0.116. The molecule has 0 fully saturated rings. The van der Waals surface area contributed by atoms with Crippen LogP contribution in [0.5, 0.6) is 0 Å². The number of benzene rings is 1. The van der Waals surface area contributed by atoms with Gasteiger partial charge in [0.15, 0.2) is 0 Å². The van der Waals surface area contributed by atoms with Crippen LogP contribution in [-0.4, -0.2) is 15.5 Å². The van der Waals surface area contributed by atoms with E-state index < -0.39 is 0 Å². The minimum absolute atomic E-state index is 0.0745. The van der Waals surface area contributed by atoms with Gasteiger partial charge in [0.2, 0.25) is 5.91 Å². The summed E-state index contributed by atoms with van der Waals surface area (Å²) in [6, 6.07) is 9.82. The van der Waals surface area contributed by atoms with Gasteiger partial charge in [-0.15, -0.1) is 22.7 Å². The number of nitrogens with one attached hydrogen (secondary N) is 1. The van der Waals surface area contributed by atoms with E-state index in [1.165, 1.54) is 22.2 Å². The molecule has 0 saturated heterocycles. The molecule has 0 aliphatic carbocycles. The summed E-state index contributed by atoms with van der Waals surface area (Å²) < 4.78 is 1.37. The Kier molecular flexibility index (Phi) is 4.63. The predicted molar refractivity (Wildman–Crippen MR) is 112 cm³/mol. The molecule has 136 valence electrons. The molecule has 0 spiro atoms. The molecule has 27 heavy (non-hydrogen) atoms. The molecule has 0 bridgehead atoms. The number of hydrogen-bond acceptors (Lipinski definition) is 5. The van der Waals surface area contributed by atoms with Crippen molar-refractivity contribution in [3.05, 3.63) is 68.9 Å². The number of aryl methyl sites for hydroxylation is 2. The van der Waals surface area contributed by atoms with Crippen molar-refractivity contribution in [2.24, 2.45) is 0 Å². The quantitative estimate of drug-likeness (QED) is 0.555. The van der Waals surface area contributed by atoms with E-state index in [4.69, 9.17) is 0 Å². The van der Waals surface area contributed by atoms with Gasteiger partial charge in [0.25, 0.3) is 5.56 Å². The maximum absolute atomic E-state index is 13.0. The van der Waals surface area contributed by atoms with E-state index in [1.54, 1.807) is 11.3 Å². The predicted octanol–water partition coefficient (Wildman–Crippen LogP) is 4.44. The molecule has 7 heteroatoms. The third kappa shape index (κ3) is 3.43. The number of hydrogen-bond donors (Lipinski definition) is 1. The second-order valence-corrected chi connectivity index (χ2v) is 8.16. The molecule has 4 rings (SSSR count). The average molecular weight is 396 g/mol. The lowest BCUT2D eigenvalue weighted by Crippen LogP contribution is -2.28. The molecule has 0 unspecified atom stereocenters. The van der Waals surface area contributed by atoms with E-state index in [1.807, 2.05) is 54.9 Å². The number of anilines is 1. The minimum atomic E-state index is -0.250. The molecule has 0 atom stereocenters. The van der Waals surface area contributed by atoms with Crippen molar-refractivity contribution in [1.29, 1.82) is 0 Å². The van der Waals surface area contributed by atoms with Gasteiger partial charge < -0.3 is 5.32 Å². The molecule has 0 radical (unpaired) electrons. The van der Waals surface area contributed by atoms with Crippen LogP contribution in [0.15, 0.2) is 52.2 Å². The lowest BCUT2D eigenvalue weighted by Gasteiger charge is -2.10. The van der Waals surface area contributed by atoms with Crippen LogP contribution in [0.1, 0.15) is 11.1 Å². The van der Waals surface area contributed by atoms with Crippen LogP contribution < -0.4 is 10.9 Å². The van der Waals surface area contributed by atoms with E-state index in [-0.39, 0.29) is 18.0 Å². The zero-order valence-corrected chi connectivity index (χ0v) is 16.5. The second-order valence-electron chi connectivity index (χ2n) is 6.35. The second kappa shape index (κ2) is 7.09. The summed E-state index contributed by atoms with van der Waals surface area (Å²) in [6.07, 6.45) is 1.45. The van der Waals surface area contributed by atoms with Crippen molar-refractivity contribution in [2.45, 2.75) is 20.4 Å². The molecule has 1 N–H and O–H groups in total. The first kappa shape index (κ1) is 17.6. The molecule has 1 amide bonds. The van der Waals surface area contributed by atoms with Gasteiger partial charge in [-0.3, -0.25) is 14.2 Å². The molecule has 5 nitrogen and oxygen atoms in total. The van der Waals surface area contributed by atoms with Crippen molar-refractivity contribution < 1.29 is 4.79 Å². The van der Waals surface area contributed by atoms with Gasteiger partial charge in [0, 0.05) is 21.5 Å². The van der Waals surface area contributed by atoms with Crippen LogP contribution in [0.2, 0.25) is 0 Å². The first-order valence-corrected chi connectivity index (χ1v) is 10.2. The Morgan fingerprint density at radius 3 is 2.85 bits per heavy atom. The van der Waals surface area contributed by atoms with Gasteiger partial charge in [-0.05, 0) is 42.5 Å². The molecule has 0 aliphatic rings. The monoisotopic (exact) mass is 395 g/mol. The number of carbonyl (C=O) groups excluding carboxylic acids is 1. The smallest absolute Gasteiger partial charge is 0.263 e. The number of nitrogens with zero attached hydrogens (tertiary/aromatic N) is 2. The standard InChI is InChI=1S/C20H17N3O2S2/c1-12-5-6-13(2)15(8-12)22-17(24)9-23-11-21-19-18(20(23)25)14(10-27-19)16-4-3-7-26-16/h3-8,10-11H,9H2,1-2H3,(H,22,24). The Hall–Kier alpha value is -2.77. The number of rotatable bonds is 4. The highest BCUT2D eigenvalue weighted by Gasteiger charge is 2.15. The first-order chi connectivity index (χ1) is 13.0. The van der Waals surface area contributed by atoms with Gasteiger partial charge in [-0.2, -0.15) is 0 Å². The van der Waals surface area contributed by atoms with Crippen LogP contribution in [0, 0.1) is 13.8 Å². The maximum atomic E-state index is 13.0. The largest absolute Gasteiger partial charge is 0.324 e. The van der Waals surface area contributed by atoms with Gasteiger partial charge in [-0.25, -0.2) is 4.98 Å². The summed E-state index contributed by atoms with van der Waals surface area (Å²) in [4.78, 5) is 31.5. The van der Waals surface area contributed by atoms with Crippen molar-refractivity contribution >= 4 is 44.5 Å². The van der Waals surface area contributed by atoms with Crippen LogP contribution in [0.4, 0.5) is 5.69 Å². The molecular weight excluding hydrogens is 378 g/mol. The van der Waals surface area contributed by atoms with E-state index in [0.29, 0.717) is 10.2 Å². The van der Waals surface area contributed by atoms with E-state index in [0.717, 1.165) is 27.3 Å². The van der Waals surface area contributed by atoms with Gasteiger partial charge in [-0.1, -0.05) is 18.2 Å². The highest BCUT2D eigenvalue weighted by molar-refractivity contribution is 7.18. The minimum Gasteiger partial charge on any atom is -0.324 e. The number of carbonyl (C=O) groups is 1. The lowest BCUT2D eigenvalue weighted by atomic mass is 10.1. The number of aromatic nitrogens is 2. The summed E-state index contributed by atoms with van der Waals surface area (Å²) in [7, 11) is 0. The van der Waals surface area contributed by atoms with E-state index in [9.17, 15) is 9.59 Å². The molecular formula is C20H17N3O2S2. The zero-order chi connectivity index (χ0) is 19.0. The highest BCUT2D eigenvalue weighted by Crippen LogP contribution is 2.33. The summed E-state index contributed by atoms with van der Waals surface area (Å²) >= 11 is 3.02. The molecule has 3 heterocycles. The van der Waals surface area contributed by atoms with Crippen molar-refractivity contribution in [3.63, 3.8) is 0 Å². The fourth-order valence-electron chi connectivity index (χ4n) is 2.91. The summed E-state index contributed by atoms with van der Waals surface area (Å²) in [5.41, 5.74) is 3.49. The van der Waals surface area contributed by atoms with Crippen LogP contribution >= 0.6 is 22.7 Å². The molecule has 3 aromatic heterocycles. The van der Waals surface area contributed by atoms with Crippen molar-refractivity contribution in [2.75, 3.05) is 5.32 Å². The van der Waals surface area contributed by atoms with Crippen LogP contribution in [0.3, 0.4) is 0 Å². The third-order valence-corrected chi connectivity index (χ3v) is 6.12. The Balaban J connectivity index is 1.65. The summed E-state index contributed by atoms with van der Waals surface area (Å²) in [5.74, 6) is -0.250. The van der Waals surface area contributed by atoms with Gasteiger partial charge in [0.05, 0.1) is 11.7 Å². The molecule has 0 aliphatic heterocycles. The van der Waals surface area contributed by atoms with E-state index in [2.05, 4.69) is 10.3 Å². The van der Waals surface area contributed by atoms with Crippen molar-refractivity contribution in [1.82, 2.24) is 9.55 Å². The summed E-state index contributed by atoms with van der Waals surface area (Å²) in [6.45, 7) is 3.84. The SMILES string of the molecule is Cc1ccc(C)c(NC(=O)Cn2cnc3scc(-c4cccs4)c3c2=O)c1. The van der Waals surface area contributed by atoms with Crippen molar-refractivity contribution in [3.8, 4) is 10.4 Å². The molecule has 0 saturated carbocycles. The van der Waals surface area contributed by atoms with Gasteiger partial charge in [0.1, 0.15) is 11.4 Å². The first-order valence-electron chi connectivity index (χ1n) is 8.40. The van der Waals surface area contributed by atoms with E-state index >= 15 is 0 Å². The van der Waals surface area contributed by atoms with Crippen LogP contribution in [0.25, 0.3) is 20.7 Å². The number of thiophene rings is 2. The van der Waals surface area contributed by atoms with Gasteiger partial charge >= 0.3 is 0 Å². The summed E-state index contributed by atoms with van der Waals surface area (Å²) in [5, 5.41) is 7.39. The zero-order valence-electron chi connectivity index (χ0n) is 14.9. The maximum Gasteiger partial charge on any atom is 0.263 e. The molecule has 1 aromatic carbocycles. The average Bonchev–Trinajstić information content (AvgIpc) is 3.30. The normalized spacial score (nSPS) is 11.0. The third-order valence-electron chi connectivity index (χ3n) is 4.33. The number of amides is 1. The Morgan fingerprint density at radius 1 is 1.22 bits per heavy atom. The highest BCUT2D eigenvalue weighted by atomic mass is 32.1. The Bertz CT molecular complexity index is 1190. The molecule has 4 aromatic rings. The fraction of sp³-hybridized carbons (Fsp3) is 0.150. The Morgan fingerprint density at radius 2 is 2.07 bits per heavy atom. The number of fused-ring (bicyclic) bond motifs is 1. The Labute approximate surface area is 163 Å². The fourth-order valence-corrected chi connectivity index (χ4v) is 4.63.